The van der Waals surface area contributed by atoms with Gasteiger partial charge in [-0.1, -0.05) is 27.2 Å². The molecular formula is C18H30N2O. The SMILES string of the molecule is C.CCCCC1(C2CNc3ccc(OC)cc32)CCNC1. The number of fused-ring (bicyclic) bond motifs is 1. The number of hydrogen-bond acceptors (Lipinski definition) is 3. The van der Waals surface area contributed by atoms with Crippen LogP contribution in [0.25, 0.3) is 0 Å². The predicted molar refractivity (Wildman–Crippen MR) is 90.4 cm³/mol. The average Bonchev–Trinajstić information content (AvgIpc) is 3.11. The van der Waals surface area contributed by atoms with Crippen LogP contribution in [0.5, 0.6) is 5.75 Å². The highest BCUT2D eigenvalue weighted by molar-refractivity contribution is 5.61. The van der Waals surface area contributed by atoms with E-state index < -0.39 is 0 Å². The lowest BCUT2D eigenvalue weighted by atomic mass is 9.69. The number of hydrogen-bond donors (Lipinski definition) is 2. The topological polar surface area (TPSA) is 33.3 Å². The van der Waals surface area contributed by atoms with Gasteiger partial charge in [-0.05, 0) is 48.6 Å². The van der Waals surface area contributed by atoms with E-state index >= 15 is 0 Å². The van der Waals surface area contributed by atoms with E-state index in [4.69, 9.17) is 4.74 Å². The van der Waals surface area contributed by atoms with Gasteiger partial charge in [0, 0.05) is 24.7 Å². The molecule has 0 radical (unpaired) electrons. The summed E-state index contributed by atoms with van der Waals surface area (Å²) in [7, 11) is 1.75. The molecule has 2 atom stereocenters. The molecule has 0 aromatic heterocycles. The maximum Gasteiger partial charge on any atom is 0.119 e. The summed E-state index contributed by atoms with van der Waals surface area (Å²) in [5.41, 5.74) is 3.20. The summed E-state index contributed by atoms with van der Waals surface area (Å²) in [6.07, 6.45) is 5.25. The first-order valence-corrected chi connectivity index (χ1v) is 7.91. The van der Waals surface area contributed by atoms with Gasteiger partial charge < -0.3 is 15.4 Å². The highest BCUT2D eigenvalue weighted by atomic mass is 16.5. The van der Waals surface area contributed by atoms with E-state index in [1.54, 1.807) is 7.11 Å². The largest absolute Gasteiger partial charge is 0.497 e. The highest BCUT2D eigenvalue weighted by Gasteiger charge is 2.44. The van der Waals surface area contributed by atoms with Crippen molar-refractivity contribution in [2.24, 2.45) is 5.41 Å². The van der Waals surface area contributed by atoms with Crippen molar-refractivity contribution in [2.45, 2.75) is 46.0 Å². The van der Waals surface area contributed by atoms with Crippen LogP contribution >= 0.6 is 0 Å². The quantitative estimate of drug-likeness (QED) is 0.859. The number of unbranched alkanes of at least 4 members (excludes halogenated alkanes) is 1. The van der Waals surface area contributed by atoms with Crippen LogP contribution in [0.15, 0.2) is 18.2 Å². The second kappa shape index (κ2) is 6.69. The lowest BCUT2D eigenvalue weighted by Gasteiger charge is -2.35. The van der Waals surface area contributed by atoms with E-state index in [9.17, 15) is 0 Å². The Kier molecular flexibility index (Phi) is 5.15. The highest BCUT2D eigenvalue weighted by Crippen LogP contribution is 2.50. The standard InChI is InChI=1S/C17H26N2O.CH4/c1-3-4-7-17(8-9-18-12-17)15-11-19-16-6-5-13(20-2)10-14(15)16;/h5-6,10,15,18-19H,3-4,7-9,11-12H2,1-2H3;1H4. The van der Waals surface area contributed by atoms with Gasteiger partial charge in [-0.2, -0.15) is 0 Å². The van der Waals surface area contributed by atoms with Crippen LogP contribution in [0.2, 0.25) is 0 Å². The summed E-state index contributed by atoms with van der Waals surface area (Å²) in [6, 6.07) is 6.47. The van der Waals surface area contributed by atoms with Gasteiger partial charge in [0.15, 0.2) is 0 Å². The number of methoxy groups -OCH3 is 1. The van der Waals surface area contributed by atoms with E-state index in [-0.39, 0.29) is 7.43 Å². The number of nitrogens with one attached hydrogen (secondary N) is 2. The summed E-state index contributed by atoms with van der Waals surface area (Å²) in [6.45, 7) is 5.70. The smallest absolute Gasteiger partial charge is 0.119 e. The molecule has 21 heavy (non-hydrogen) atoms. The monoisotopic (exact) mass is 290 g/mol. The Labute approximate surface area is 129 Å². The van der Waals surface area contributed by atoms with Crippen LogP contribution in [-0.4, -0.2) is 26.7 Å². The van der Waals surface area contributed by atoms with Crippen LogP contribution in [0.4, 0.5) is 5.69 Å². The Morgan fingerprint density at radius 2 is 2.24 bits per heavy atom. The van der Waals surface area contributed by atoms with Gasteiger partial charge in [0.2, 0.25) is 0 Å². The van der Waals surface area contributed by atoms with E-state index in [1.807, 2.05) is 0 Å². The summed E-state index contributed by atoms with van der Waals surface area (Å²) in [4.78, 5) is 0. The van der Waals surface area contributed by atoms with Crippen LogP contribution in [0, 0.1) is 5.41 Å². The molecule has 1 saturated heterocycles. The molecule has 1 fully saturated rings. The molecule has 2 aliphatic heterocycles. The maximum atomic E-state index is 5.42. The van der Waals surface area contributed by atoms with Crippen LogP contribution in [0.1, 0.15) is 51.5 Å². The molecule has 2 heterocycles. The van der Waals surface area contributed by atoms with Gasteiger partial charge in [0.25, 0.3) is 0 Å². The second-order valence-electron chi connectivity index (χ2n) is 6.28. The Hall–Kier alpha value is -1.22. The van der Waals surface area contributed by atoms with E-state index in [0.717, 1.165) is 18.8 Å². The lowest BCUT2D eigenvalue weighted by molar-refractivity contribution is 0.235. The van der Waals surface area contributed by atoms with E-state index in [1.165, 1.54) is 43.5 Å². The first-order valence-electron chi connectivity index (χ1n) is 7.91. The zero-order chi connectivity index (χ0) is 14.0. The molecule has 0 bridgehead atoms. The molecule has 3 heteroatoms. The van der Waals surface area contributed by atoms with Crippen molar-refractivity contribution in [3.63, 3.8) is 0 Å². The summed E-state index contributed by atoms with van der Waals surface area (Å²) in [5, 5.41) is 7.20. The molecule has 3 nitrogen and oxygen atoms in total. The summed E-state index contributed by atoms with van der Waals surface area (Å²) >= 11 is 0. The average molecular weight is 290 g/mol. The number of anilines is 1. The van der Waals surface area contributed by atoms with E-state index in [0.29, 0.717) is 11.3 Å². The van der Waals surface area contributed by atoms with Crippen molar-refractivity contribution >= 4 is 5.69 Å². The van der Waals surface area contributed by atoms with E-state index in [2.05, 4.69) is 35.8 Å². The fourth-order valence-electron chi connectivity index (χ4n) is 3.96. The van der Waals surface area contributed by atoms with Crippen molar-refractivity contribution in [1.82, 2.24) is 5.32 Å². The van der Waals surface area contributed by atoms with Crippen molar-refractivity contribution < 1.29 is 4.74 Å². The summed E-state index contributed by atoms with van der Waals surface area (Å²) < 4.78 is 5.42. The van der Waals surface area contributed by atoms with Crippen molar-refractivity contribution in [3.8, 4) is 5.75 Å². The minimum atomic E-state index is 0. The lowest BCUT2D eigenvalue weighted by Crippen LogP contribution is -2.32. The van der Waals surface area contributed by atoms with Crippen LogP contribution in [0.3, 0.4) is 0 Å². The Morgan fingerprint density at radius 1 is 1.38 bits per heavy atom. The van der Waals surface area contributed by atoms with Crippen molar-refractivity contribution in [3.05, 3.63) is 23.8 Å². The molecule has 2 N–H and O–H groups in total. The molecule has 0 spiro atoms. The van der Waals surface area contributed by atoms with Gasteiger partial charge in [-0.3, -0.25) is 0 Å². The fraction of sp³-hybridized carbons (Fsp3) is 0.667. The number of rotatable bonds is 5. The third kappa shape index (κ3) is 2.89. The molecular weight excluding hydrogens is 260 g/mol. The molecule has 3 rings (SSSR count). The zero-order valence-corrected chi connectivity index (χ0v) is 12.7. The van der Waals surface area contributed by atoms with Gasteiger partial charge in [0.05, 0.1) is 7.11 Å². The van der Waals surface area contributed by atoms with Gasteiger partial charge >= 0.3 is 0 Å². The van der Waals surface area contributed by atoms with Gasteiger partial charge in [-0.25, -0.2) is 0 Å². The van der Waals surface area contributed by atoms with Crippen molar-refractivity contribution in [1.29, 1.82) is 0 Å². The summed E-state index contributed by atoms with van der Waals surface area (Å²) in [5.74, 6) is 1.60. The fourth-order valence-corrected chi connectivity index (χ4v) is 3.96. The molecule has 0 aliphatic carbocycles. The Morgan fingerprint density at radius 3 is 2.90 bits per heavy atom. The molecule has 118 valence electrons. The normalized spacial score (nSPS) is 26.9. The number of ether oxygens (including phenoxy) is 1. The Balaban J connectivity index is 0.00000161. The van der Waals surface area contributed by atoms with Crippen LogP contribution < -0.4 is 15.4 Å². The first-order chi connectivity index (χ1) is 9.79. The molecule has 1 aromatic carbocycles. The number of benzene rings is 1. The molecule has 1 aromatic rings. The molecule has 0 amide bonds. The second-order valence-corrected chi connectivity index (χ2v) is 6.28. The molecule has 2 aliphatic rings. The maximum absolute atomic E-state index is 5.42. The molecule has 2 unspecified atom stereocenters. The zero-order valence-electron chi connectivity index (χ0n) is 12.7. The predicted octanol–water partition coefficient (Wildman–Crippen LogP) is 4.01. The first kappa shape index (κ1) is 16.2. The van der Waals surface area contributed by atoms with Crippen LogP contribution in [-0.2, 0) is 0 Å². The van der Waals surface area contributed by atoms with Gasteiger partial charge in [-0.15, -0.1) is 0 Å². The van der Waals surface area contributed by atoms with Gasteiger partial charge in [0.1, 0.15) is 5.75 Å². The minimum absolute atomic E-state index is 0. The third-order valence-corrected chi connectivity index (χ3v) is 5.17. The molecule has 0 saturated carbocycles. The third-order valence-electron chi connectivity index (χ3n) is 5.17. The minimum Gasteiger partial charge on any atom is -0.497 e. The Bertz CT molecular complexity index is 466. The van der Waals surface area contributed by atoms with Crippen molar-refractivity contribution in [2.75, 3.05) is 32.1 Å².